The number of likely N-dealkylation sites (N-methyl/N-ethyl adjacent to an activating group) is 1. The maximum atomic E-state index is 6.26. The molecule has 2 atom stereocenters. The Morgan fingerprint density at radius 3 is 2.53 bits per heavy atom. The molecule has 1 aromatic rings. The van der Waals surface area contributed by atoms with Crippen LogP contribution in [-0.4, -0.2) is 19.8 Å². The van der Waals surface area contributed by atoms with Crippen molar-refractivity contribution in [2.75, 3.05) is 13.7 Å². The van der Waals surface area contributed by atoms with Gasteiger partial charge in [-0.2, -0.15) is 0 Å². The Labute approximate surface area is 109 Å². The summed E-state index contributed by atoms with van der Waals surface area (Å²) in [6, 6.07) is 8.14. The minimum absolute atomic E-state index is 0.165. The van der Waals surface area contributed by atoms with Crippen LogP contribution in [0.3, 0.4) is 0 Å². The van der Waals surface area contributed by atoms with Crippen LogP contribution in [0.1, 0.15) is 38.3 Å². The third-order valence-corrected chi connectivity index (χ3v) is 3.26. The van der Waals surface area contributed by atoms with Crippen molar-refractivity contribution in [3.8, 4) is 0 Å². The van der Waals surface area contributed by atoms with Gasteiger partial charge in [0.25, 0.3) is 0 Å². The van der Waals surface area contributed by atoms with Crippen molar-refractivity contribution in [2.45, 2.75) is 38.8 Å². The van der Waals surface area contributed by atoms with Crippen molar-refractivity contribution in [3.63, 3.8) is 0 Å². The first-order valence-corrected chi connectivity index (χ1v) is 6.62. The highest BCUT2D eigenvalue weighted by Crippen LogP contribution is 2.28. The predicted octanol–water partition coefficient (Wildman–Crippen LogP) is 3.81. The molecular weight excluding hydrogens is 234 g/mol. The van der Waals surface area contributed by atoms with Crippen LogP contribution < -0.4 is 5.32 Å². The quantitative estimate of drug-likeness (QED) is 0.800. The van der Waals surface area contributed by atoms with Gasteiger partial charge in [0.15, 0.2) is 0 Å². The maximum Gasteiger partial charge on any atom is 0.0766 e. The van der Waals surface area contributed by atoms with Gasteiger partial charge in [0.1, 0.15) is 0 Å². The second-order valence-corrected chi connectivity index (χ2v) is 4.53. The highest BCUT2D eigenvalue weighted by atomic mass is 35.5. The summed E-state index contributed by atoms with van der Waals surface area (Å²) in [6.07, 6.45) is 2.30. The van der Waals surface area contributed by atoms with E-state index in [9.17, 15) is 0 Å². The topological polar surface area (TPSA) is 21.3 Å². The van der Waals surface area contributed by atoms with Crippen molar-refractivity contribution < 1.29 is 4.74 Å². The molecule has 0 aromatic heterocycles. The van der Waals surface area contributed by atoms with Crippen LogP contribution in [0.5, 0.6) is 0 Å². The summed E-state index contributed by atoms with van der Waals surface area (Å²) >= 11 is 6.26. The summed E-state index contributed by atoms with van der Waals surface area (Å²) in [4.78, 5) is 0. The molecule has 17 heavy (non-hydrogen) atoms. The maximum absolute atomic E-state index is 6.26. The Hall–Kier alpha value is -0.570. The van der Waals surface area contributed by atoms with E-state index in [0.29, 0.717) is 0 Å². The van der Waals surface area contributed by atoms with E-state index in [4.69, 9.17) is 16.3 Å². The lowest BCUT2D eigenvalue weighted by molar-refractivity contribution is 0.0611. The SMILES string of the molecule is CCCC(OC)C(NCC)c1ccccc1Cl. The first-order valence-electron chi connectivity index (χ1n) is 6.25. The van der Waals surface area contributed by atoms with Gasteiger partial charge in [-0.3, -0.25) is 0 Å². The molecule has 0 spiro atoms. The normalized spacial score (nSPS) is 14.6. The minimum atomic E-state index is 0.165. The smallest absolute Gasteiger partial charge is 0.0766 e. The zero-order valence-corrected chi connectivity index (χ0v) is 11.6. The summed E-state index contributed by atoms with van der Waals surface area (Å²) in [5.74, 6) is 0. The molecule has 0 heterocycles. The highest BCUT2D eigenvalue weighted by molar-refractivity contribution is 6.31. The standard InChI is InChI=1S/C14H22ClNO/c1-4-8-13(17-3)14(16-5-2)11-9-6-7-10-12(11)15/h6-7,9-10,13-14,16H,4-5,8H2,1-3H3. The van der Waals surface area contributed by atoms with Crippen molar-refractivity contribution in [1.82, 2.24) is 5.32 Å². The summed E-state index contributed by atoms with van der Waals surface area (Å²) in [7, 11) is 1.77. The second-order valence-electron chi connectivity index (χ2n) is 4.12. The molecule has 0 aliphatic heterocycles. The highest BCUT2D eigenvalue weighted by Gasteiger charge is 2.23. The van der Waals surface area contributed by atoms with Gasteiger partial charge in [-0.05, 0) is 24.6 Å². The van der Waals surface area contributed by atoms with Gasteiger partial charge in [-0.25, -0.2) is 0 Å². The average molecular weight is 256 g/mol. The van der Waals surface area contributed by atoms with Gasteiger partial charge < -0.3 is 10.1 Å². The molecule has 0 amide bonds. The monoisotopic (exact) mass is 255 g/mol. The van der Waals surface area contributed by atoms with Crippen LogP contribution in [0.2, 0.25) is 5.02 Å². The lowest BCUT2D eigenvalue weighted by atomic mass is 9.98. The zero-order chi connectivity index (χ0) is 12.7. The van der Waals surface area contributed by atoms with E-state index in [1.807, 2.05) is 18.2 Å². The molecule has 0 bridgehead atoms. The first-order chi connectivity index (χ1) is 8.24. The number of hydrogen-bond donors (Lipinski definition) is 1. The van der Waals surface area contributed by atoms with Crippen molar-refractivity contribution in [2.24, 2.45) is 0 Å². The number of nitrogens with one attached hydrogen (secondary N) is 1. The fraction of sp³-hybridized carbons (Fsp3) is 0.571. The van der Waals surface area contributed by atoms with E-state index in [1.165, 1.54) is 0 Å². The van der Waals surface area contributed by atoms with Gasteiger partial charge in [0, 0.05) is 12.1 Å². The molecule has 2 unspecified atom stereocenters. The largest absolute Gasteiger partial charge is 0.379 e. The van der Waals surface area contributed by atoms with Gasteiger partial charge in [-0.15, -0.1) is 0 Å². The molecular formula is C14H22ClNO. The summed E-state index contributed by atoms with van der Waals surface area (Å²) in [5, 5.41) is 4.27. The van der Waals surface area contributed by atoms with Gasteiger partial charge in [0.2, 0.25) is 0 Å². The first kappa shape index (κ1) is 14.5. The average Bonchev–Trinajstić information content (AvgIpc) is 2.34. The van der Waals surface area contributed by atoms with E-state index in [0.717, 1.165) is 30.0 Å². The fourth-order valence-corrected chi connectivity index (χ4v) is 2.35. The van der Waals surface area contributed by atoms with E-state index in [2.05, 4.69) is 25.2 Å². The molecule has 0 fully saturated rings. The molecule has 0 radical (unpaired) electrons. The van der Waals surface area contributed by atoms with Gasteiger partial charge in [0.05, 0.1) is 12.1 Å². The molecule has 0 aliphatic carbocycles. The number of rotatable bonds is 7. The number of ether oxygens (including phenoxy) is 1. The molecule has 0 saturated carbocycles. The Morgan fingerprint density at radius 2 is 2.00 bits per heavy atom. The van der Waals surface area contributed by atoms with E-state index >= 15 is 0 Å². The molecule has 96 valence electrons. The number of halogens is 1. The van der Waals surface area contributed by atoms with Crippen molar-refractivity contribution in [3.05, 3.63) is 34.9 Å². The number of hydrogen-bond acceptors (Lipinski definition) is 2. The van der Waals surface area contributed by atoms with Crippen LogP contribution in [0, 0.1) is 0 Å². The lowest BCUT2D eigenvalue weighted by Crippen LogP contribution is -2.33. The van der Waals surface area contributed by atoms with E-state index in [1.54, 1.807) is 7.11 Å². The van der Waals surface area contributed by atoms with Crippen molar-refractivity contribution in [1.29, 1.82) is 0 Å². The molecule has 1 N–H and O–H groups in total. The third-order valence-electron chi connectivity index (χ3n) is 2.91. The fourth-order valence-electron chi connectivity index (χ4n) is 2.09. The van der Waals surface area contributed by atoms with Crippen LogP contribution in [0.15, 0.2) is 24.3 Å². The molecule has 1 aromatic carbocycles. The van der Waals surface area contributed by atoms with E-state index in [-0.39, 0.29) is 12.1 Å². The van der Waals surface area contributed by atoms with Crippen LogP contribution in [0.25, 0.3) is 0 Å². The number of methoxy groups -OCH3 is 1. The second kappa shape index (κ2) is 7.70. The molecule has 0 saturated heterocycles. The number of benzene rings is 1. The van der Waals surface area contributed by atoms with E-state index < -0.39 is 0 Å². The zero-order valence-electron chi connectivity index (χ0n) is 10.9. The van der Waals surface area contributed by atoms with Crippen LogP contribution in [-0.2, 0) is 4.74 Å². The summed E-state index contributed by atoms with van der Waals surface area (Å²) in [6.45, 7) is 5.17. The molecule has 2 nitrogen and oxygen atoms in total. The summed E-state index contributed by atoms with van der Waals surface area (Å²) in [5.41, 5.74) is 1.12. The van der Waals surface area contributed by atoms with Crippen LogP contribution in [0.4, 0.5) is 0 Å². The predicted molar refractivity (Wildman–Crippen MR) is 73.6 cm³/mol. The third kappa shape index (κ3) is 3.98. The Morgan fingerprint density at radius 1 is 1.29 bits per heavy atom. The minimum Gasteiger partial charge on any atom is -0.379 e. The molecule has 0 aliphatic rings. The Kier molecular flexibility index (Phi) is 6.56. The molecule has 3 heteroatoms. The van der Waals surface area contributed by atoms with Crippen LogP contribution >= 0.6 is 11.6 Å². The van der Waals surface area contributed by atoms with Crippen molar-refractivity contribution >= 4 is 11.6 Å². The lowest BCUT2D eigenvalue weighted by Gasteiger charge is -2.27. The Bertz CT molecular complexity index is 330. The van der Waals surface area contributed by atoms with Gasteiger partial charge in [-0.1, -0.05) is 50.1 Å². The Balaban J connectivity index is 2.94. The summed E-state index contributed by atoms with van der Waals surface area (Å²) < 4.78 is 5.59. The van der Waals surface area contributed by atoms with Gasteiger partial charge >= 0.3 is 0 Å². The molecule has 1 rings (SSSR count).